The molecule has 0 unspecified atom stereocenters. The first-order valence-corrected chi connectivity index (χ1v) is 4.96. The van der Waals surface area contributed by atoms with Crippen LogP contribution in [0.25, 0.3) is 0 Å². The molecule has 14 heavy (non-hydrogen) atoms. The zero-order valence-electron chi connectivity index (χ0n) is 8.60. The van der Waals surface area contributed by atoms with Crippen molar-refractivity contribution in [3.05, 3.63) is 18.0 Å². The lowest BCUT2D eigenvalue weighted by Crippen LogP contribution is -2.45. The van der Waals surface area contributed by atoms with E-state index in [1.54, 1.807) is 13.3 Å². The minimum Gasteiger partial charge on any atom is -0.385 e. The van der Waals surface area contributed by atoms with E-state index in [0.29, 0.717) is 12.8 Å². The molecule has 1 N–H and O–H groups in total. The largest absolute Gasteiger partial charge is 0.385 e. The molecule has 0 atom stereocenters. The van der Waals surface area contributed by atoms with Gasteiger partial charge in [-0.25, -0.2) is 0 Å². The number of ether oxygens (including phenoxy) is 1. The van der Waals surface area contributed by atoms with Crippen LogP contribution in [0.2, 0.25) is 0 Å². The lowest BCUT2D eigenvalue weighted by atomic mass is 9.74. The molecule has 1 fully saturated rings. The molecule has 0 aliphatic heterocycles. The summed E-state index contributed by atoms with van der Waals surface area (Å²) in [4.78, 5) is 0. The number of aryl methyl sites for hydroxylation is 1. The fraction of sp³-hybridized carbons (Fsp3) is 0.700. The minimum absolute atomic E-state index is 0.199. The van der Waals surface area contributed by atoms with E-state index in [-0.39, 0.29) is 6.10 Å². The molecule has 78 valence electrons. The molecule has 0 bridgehead atoms. The molecule has 0 amide bonds. The van der Waals surface area contributed by atoms with Crippen molar-refractivity contribution in [1.29, 1.82) is 0 Å². The topological polar surface area (TPSA) is 47.3 Å². The van der Waals surface area contributed by atoms with E-state index in [2.05, 4.69) is 5.10 Å². The lowest BCUT2D eigenvalue weighted by molar-refractivity contribution is -0.133. The van der Waals surface area contributed by atoms with Crippen molar-refractivity contribution < 1.29 is 9.84 Å². The minimum atomic E-state index is -0.700. The van der Waals surface area contributed by atoms with Crippen molar-refractivity contribution in [2.45, 2.75) is 38.0 Å². The van der Waals surface area contributed by atoms with Gasteiger partial charge in [0.05, 0.1) is 17.9 Å². The highest BCUT2D eigenvalue weighted by molar-refractivity contribution is 5.20. The first-order chi connectivity index (χ1) is 6.68. The zero-order valence-corrected chi connectivity index (χ0v) is 8.60. The van der Waals surface area contributed by atoms with Gasteiger partial charge in [0.1, 0.15) is 0 Å². The lowest BCUT2D eigenvalue weighted by Gasteiger charge is -2.42. The van der Waals surface area contributed by atoms with Crippen LogP contribution in [0, 0.1) is 0 Å². The van der Waals surface area contributed by atoms with Gasteiger partial charge in [0, 0.05) is 38.3 Å². The molecule has 0 spiro atoms. The Hall–Kier alpha value is -0.870. The standard InChI is InChI=1S/C10H16N2O2/c1-3-12-7-8(6-11-12)10(13)4-9(5-10)14-2/h6-7,9,13H,3-5H2,1-2H3. The fourth-order valence-electron chi connectivity index (χ4n) is 1.87. The molecule has 0 aromatic carbocycles. The monoisotopic (exact) mass is 196 g/mol. The molecule has 1 aromatic heterocycles. The van der Waals surface area contributed by atoms with E-state index >= 15 is 0 Å². The third-order valence-corrected chi connectivity index (χ3v) is 2.96. The maximum Gasteiger partial charge on any atom is 0.0976 e. The van der Waals surface area contributed by atoms with E-state index in [9.17, 15) is 5.11 Å². The summed E-state index contributed by atoms with van der Waals surface area (Å²) in [6, 6.07) is 0. The number of hydrogen-bond donors (Lipinski definition) is 1. The molecule has 0 saturated heterocycles. The van der Waals surface area contributed by atoms with Crippen LogP contribution in [0.15, 0.2) is 12.4 Å². The van der Waals surface area contributed by atoms with Gasteiger partial charge in [-0.05, 0) is 6.92 Å². The second-order valence-electron chi connectivity index (χ2n) is 3.88. The van der Waals surface area contributed by atoms with Gasteiger partial charge in [-0.2, -0.15) is 5.10 Å². The van der Waals surface area contributed by atoms with Gasteiger partial charge >= 0.3 is 0 Å². The van der Waals surface area contributed by atoms with Gasteiger partial charge in [0.2, 0.25) is 0 Å². The summed E-state index contributed by atoms with van der Waals surface area (Å²) in [7, 11) is 1.68. The fourth-order valence-corrected chi connectivity index (χ4v) is 1.87. The number of methoxy groups -OCH3 is 1. The highest BCUT2D eigenvalue weighted by Gasteiger charge is 2.45. The second-order valence-corrected chi connectivity index (χ2v) is 3.88. The van der Waals surface area contributed by atoms with Crippen LogP contribution >= 0.6 is 0 Å². The summed E-state index contributed by atoms with van der Waals surface area (Å²) < 4.78 is 6.98. The van der Waals surface area contributed by atoms with E-state index in [1.165, 1.54) is 0 Å². The van der Waals surface area contributed by atoms with Gasteiger partial charge in [-0.15, -0.1) is 0 Å². The molecular formula is C10H16N2O2. The molecular weight excluding hydrogens is 180 g/mol. The van der Waals surface area contributed by atoms with Crippen LogP contribution in [0.3, 0.4) is 0 Å². The molecule has 4 heteroatoms. The Morgan fingerprint density at radius 3 is 2.93 bits per heavy atom. The van der Waals surface area contributed by atoms with Crippen LogP contribution in [0.5, 0.6) is 0 Å². The summed E-state index contributed by atoms with van der Waals surface area (Å²) >= 11 is 0. The number of nitrogens with zero attached hydrogens (tertiary/aromatic N) is 2. The van der Waals surface area contributed by atoms with Crippen molar-refractivity contribution in [2.24, 2.45) is 0 Å². The summed E-state index contributed by atoms with van der Waals surface area (Å²) in [5.74, 6) is 0. The third-order valence-electron chi connectivity index (χ3n) is 2.96. The normalized spacial score (nSPS) is 31.5. The van der Waals surface area contributed by atoms with Gasteiger partial charge < -0.3 is 9.84 Å². The van der Waals surface area contributed by atoms with Gasteiger partial charge in [-0.1, -0.05) is 0 Å². The molecule has 2 rings (SSSR count). The molecule has 4 nitrogen and oxygen atoms in total. The van der Waals surface area contributed by atoms with E-state index < -0.39 is 5.60 Å². The smallest absolute Gasteiger partial charge is 0.0976 e. The Balaban J connectivity index is 2.08. The van der Waals surface area contributed by atoms with Crippen LogP contribution in [-0.4, -0.2) is 28.1 Å². The van der Waals surface area contributed by atoms with Gasteiger partial charge in [-0.3, -0.25) is 4.68 Å². The maximum absolute atomic E-state index is 10.2. The highest BCUT2D eigenvalue weighted by Crippen LogP contribution is 2.42. The van der Waals surface area contributed by atoms with Crippen LogP contribution in [-0.2, 0) is 16.9 Å². The molecule has 1 aliphatic carbocycles. The SMILES string of the molecule is CCn1cc(C2(O)CC(OC)C2)cn1. The molecule has 0 radical (unpaired) electrons. The average Bonchev–Trinajstić information content (AvgIpc) is 2.61. The highest BCUT2D eigenvalue weighted by atomic mass is 16.5. The summed E-state index contributed by atoms with van der Waals surface area (Å²) in [6.45, 7) is 2.86. The molecule has 1 saturated carbocycles. The molecule has 1 aromatic rings. The van der Waals surface area contributed by atoms with Crippen molar-refractivity contribution in [3.63, 3.8) is 0 Å². The Bertz CT molecular complexity index is 316. The first-order valence-electron chi connectivity index (χ1n) is 4.96. The molecule has 1 heterocycles. The predicted molar refractivity (Wildman–Crippen MR) is 51.8 cm³/mol. The van der Waals surface area contributed by atoms with Gasteiger partial charge in [0.15, 0.2) is 0 Å². The predicted octanol–water partition coefficient (Wildman–Crippen LogP) is 0.899. The second kappa shape index (κ2) is 3.37. The van der Waals surface area contributed by atoms with Gasteiger partial charge in [0.25, 0.3) is 0 Å². The average molecular weight is 196 g/mol. The van der Waals surface area contributed by atoms with Crippen molar-refractivity contribution in [1.82, 2.24) is 9.78 Å². The number of aliphatic hydroxyl groups is 1. The first kappa shape index (κ1) is 9.68. The Morgan fingerprint density at radius 1 is 1.71 bits per heavy atom. The summed E-state index contributed by atoms with van der Waals surface area (Å²) in [5.41, 5.74) is 0.210. The number of rotatable bonds is 3. The van der Waals surface area contributed by atoms with Crippen LogP contribution in [0.1, 0.15) is 25.3 Å². The zero-order chi connectivity index (χ0) is 10.2. The summed E-state index contributed by atoms with van der Waals surface area (Å²) in [6.07, 6.45) is 5.21. The maximum atomic E-state index is 10.2. The van der Waals surface area contributed by atoms with Crippen molar-refractivity contribution >= 4 is 0 Å². The molecule has 1 aliphatic rings. The van der Waals surface area contributed by atoms with Crippen LogP contribution < -0.4 is 0 Å². The Labute approximate surface area is 83.5 Å². The third kappa shape index (κ3) is 1.44. The summed E-state index contributed by atoms with van der Waals surface area (Å²) in [5, 5.41) is 14.3. The Morgan fingerprint density at radius 2 is 2.43 bits per heavy atom. The van der Waals surface area contributed by atoms with Crippen LogP contribution in [0.4, 0.5) is 0 Å². The van der Waals surface area contributed by atoms with Crippen molar-refractivity contribution in [3.8, 4) is 0 Å². The Kier molecular flexibility index (Phi) is 2.33. The van der Waals surface area contributed by atoms with E-state index in [4.69, 9.17) is 4.74 Å². The number of aromatic nitrogens is 2. The quantitative estimate of drug-likeness (QED) is 0.781. The van der Waals surface area contributed by atoms with E-state index in [1.807, 2.05) is 17.8 Å². The van der Waals surface area contributed by atoms with Crippen molar-refractivity contribution in [2.75, 3.05) is 7.11 Å². The van der Waals surface area contributed by atoms with E-state index in [0.717, 1.165) is 12.1 Å². The number of hydrogen-bond acceptors (Lipinski definition) is 3.